The maximum atomic E-state index is 13.4. The van der Waals surface area contributed by atoms with Crippen LogP contribution in [0.3, 0.4) is 0 Å². The molecular weight excluding hydrogens is 423 g/mol. The summed E-state index contributed by atoms with van der Waals surface area (Å²) in [6.07, 6.45) is 1.42. The molecule has 1 aromatic carbocycles. The zero-order valence-corrected chi connectivity index (χ0v) is 16.4. The van der Waals surface area contributed by atoms with Gasteiger partial charge in [0.25, 0.3) is 12.3 Å². The molecule has 1 N–H and O–H groups in total. The maximum absolute atomic E-state index is 13.4. The van der Waals surface area contributed by atoms with Crippen LogP contribution >= 0.6 is 11.6 Å². The lowest BCUT2D eigenvalue weighted by Gasteiger charge is -2.70. The standard InChI is InChI=1S/C20H17ClF3N3O3/c21-13-2-1-12(3-14(13)22)30-7-11(28)4-19-8-20(9-19,10-19)27-18(29)16-6-25-15(5-26-16)17(23)24/h1-3,5-6,17H,4,7-10H2,(H,27,29). The first kappa shape index (κ1) is 20.6. The summed E-state index contributed by atoms with van der Waals surface area (Å²) in [6, 6.07) is 3.97. The number of amides is 1. The smallest absolute Gasteiger partial charge is 0.281 e. The molecule has 2 bridgehead atoms. The molecular formula is C20H17ClF3N3O3. The van der Waals surface area contributed by atoms with Crippen LogP contribution in [-0.2, 0) is 4.79 Å². The topological polar surface area (TPSA) is 81.2 Å². The summed E-state index contributed by atoms with van der Waals surface area (Å²) in [7, 11) is 0. The first-order valence-corrected chi connectivity index (χ1v) is 9.59. The van der Waals surface area contributed by atoms with E-state index in [0.29, 0.717) is 25.7 Å². The van der Waals surface area contributed by atoms with Gasteiger partial charge in [-0.25, -0.2) is 18.2 Å². The second-order valence-electron chi connectivity index (χ2n) is 7.97. The molecule has 0 saturated heterocycles. The average molecular weight is 440 g/mol. The van der Waals surface area contributed by atoms with Crippen LogP contribution in [0.4, 0.5) is 13.2 Å². The number of alkyl halides is 2. The van der Waals surface area contributed by atoms with Crippen molar-refractivity contribution >= 4 is 23.3 Å². The van der Waals surface area contributed by atoms with Crippen molar-refractivity contribution < 1.29 is 27.5 Å². The lowest BCUT2D eigenvalue weighted by atomic mass is 9.38. The number of nitrogens with one attached hydrogen (secondary N) is 1. The van der Waals surface area contributed by atoms with Crippen LogP contribution in [0.25, 0.3) is 0 Å². The van der Waals surface area contributed by atoms with E-state index in [1.807, 2.05) is 0 Å². The van der Waals surface area contributed by atoms with Gasteiger partial charge in [-0.05, 0) is 36.8 Å². The number of carbonyl (C=O) groups excluding carboxylic acids is 2. The monoisotopic (exact) mass is 439 g/mol. The van der Waals surface area contributed by atoms with Crippen molar-refractivity contribution in [3.63, 3.8) is 0 Å². The van der Waals surface area contributed by atoms with Crippen molar-refractivity contribution in [1.29, 1.82) is 0 Å². The fraction of sp³-hybridized carbons (Fsp3) is 0.400. The lowest BCUT2D eigenvalue weighted by Crippen LogP contribution is -2.75. The molecule has 158 valence electrons. The number of rotatable bonds is 8. The highest BCUT2D eigenvalue weighted by atomic mass is 35.5. The second-order valence-corrected chi connectivity index (χ2v) is 8.38. The van der Waals surface area contributed by atoms with Crippen molar-refractivity contribution in [3.8, 4) is 5.75 Å². The number of ether oxygens (including phenoxy) is 1. The highest BCUT2D eigenvalue weighted by Crippen LogP contribution is 2.69. The van der Waals surface area contributed by atoms with E-state index in [9.17, 15) is 22.8 Å². The Morgan fingerprint density at radius 1 is 1.20 bits per heavy atom. The summed E-state index contributed by atoms with van der Waals surface area (Å²) < 4.78 is 43.7. The molecule has 1 amide bonds. The van der Waals surface area contributed by atoms with E-state index in [2.05, 4.69) is 15.3 Å². The number of benzene rings is 1. The van der Waals surface area contributed by atoms with Gasteiger partial charge in [0.1, 0.15) is 29.6 Å². The van der Waals surface area contributed by atoms with E-state index >= 15 is 0 Å². The average Bonchev–Trinajstić information content (AvgIpc) is 2.66. The molecule has 1 heterocycles. The van der Waals surface area contributed by atoms with Gasteiger partial charge in [0, 0.05) is 18.0 Å². The number of hydrogen-bond donors (Lipinski definition) is 1. The molecule has 0 aliphatic heterocycles. The summed E-state index contributed by atoms with van der Waals surface area (Å²) in [6.45, 7) is -0.172. The number of halogens is 4. The van der Waals surface area contributed by atoms with Crippen LogP contribution in [0.5, 0.6) is 5.75 Å². The van der Waals surface area contributed by atoms with Gasteiger partial charge in [-0.1, -0.05) is 11.6 Å². The molecule has 0 unspecified atom stereocenters. The van der Waals surface area contributed by atoms with Gasteiger partial charge in [-0.3, -0.25) is 14.6 Å². The zero-order chi connectivity index (χ0) is 21.5. The molecule has 0 radical (unpaired) electrons. The lowest BCUT2D eigenvalue weighted by molar-refractivity contribution is -0.162. The Kier molecular flexibility index (Phi) is 5.17. The largest absolute Gasteiger partial charge is 0.486 e. The summed E-state index contributed by atoms with van der Waals surface area (Å²) in [5, 5.41) is 2.84. The molecule has 10 heteroatoms. The minimum Gasteiger partial charge on any atom is -0.486 e. The minimum atomic E-state index is -2.74. The van der Waals surface area contributed by atoms with Gasteiger partial charge < -0.3 is 10.1 Å². The molecule has 3 aliphatic rings. The van der Waals surface area contributed by atoms with Gasteiger partial charge in [-0.15, -0.1) is 0 Å². The summed E-state index contributed by atoms with van der Waals surface area (Å²) in [4.78, 5) is 31.8. The molecule has 3 saturated carbocycles. The van der Waals surface area contributed by atoms with Crippen molar-refractivity contribution in [3.05, 3.63) is 52.8 Å². The third-order valence-electron chi connectivity index (χ3n) is 5.51. The Morgan fingerprint density at radius 3 is 2.53 bits per heavy atom. The van der Waals surface area contributed by atoms with Crippen molar-refractivity contribution in [2.24, 2.45) is 5.41 Å². The van der Waals surface area contributed by atoms with Crippen molar-refractivity contribution in [2.45, 2.75) is 37.6 Å². The van der Waals surface area contributed by atoms with E-state index in [-0.39, 0.29) is 39.8 Å². The zero-order valence-electron chi connectivity index (χ0n) is 15.6. The molecule has 2 aromatic rings. The summed E-state index contributed by atoms with van der Waals surface area (Å²) in [5.41, 5.74) is -1.07. The summed E-state index contributed by atoms with van der Waals surface area (Å²) in [5.74, 6) is -0.979. The van der Waals surface area contributed by atoms with Crippen molar-refractivity contribution in [2.75, 3.05) is 6.61 Å². The fourth-order valence-electron chi connectivity index (χ4n) is 4.39. The van der Waals surface area contributed by atoms with Gasteiger partial charge in [0.15, 0.2) is 5.78 Å². The SMILES string of the molecule is O=C(COc1ccc(Cl)c(F)c1)CC12CC(NC(=O)c3cnc(C(F)F)cn3)(C1)C2. The van der Waals surface area contributed by atoms with Gasteiger partial charge in [0.05, 0.1) is 17.4 Å². The Morgan fingerprint density at radius 2 is 1.93 bits per heavy atom. The predicted octanol–water partition coefficient (Wildman–Crippen LogP) is 3.90. The molecule has 6 nitrogen and oxygen atoms in total. The molecule has 5 rings (SSSR count). The number of nitrogens with zero attached hydrogens (tertiary/aromatic N) is 2. The number of Topliss-reactive ketones (excluding diaryl/α,β-unsaturated/α-hetero) is 1. The van der Waals surface area contributed by atoms with Crippen molar-refractivity contribution in [1.82, 2.24) is 15.3 Å². The first-order chi connectivity index (χ1) is 14.2. The van der Waals surface area contributed by atoms with E-state index in [1.165, 1.54) is 12.1 Å². The third kappa shape index (κ3) is 3.98. The highest BCUT2D eigenvalue weighted by Gasteiger charge is 2.68. The molecule has 30 heavy (non-hydrogen) atoms. The van der Waals surface area contributed by atoms with Crippen LogP contribution < -0.4 is 10.1 Å². The third-order valence-corrected chi connectivity index (χ3v) is 5.82. The number of hydrogen-bond acceptors (Lipinski definition) is 5. The predicted molar refractivity (Wildman–Crippen MR) is 100.0 cm³/mol. The highest BCUT2D eigenvalue weighted by molar-refractivity contribution is 6.30. The summed E-state index contributed by atoms with van der Waals surface area (Å²) >= 11 is 5.60. The molecule has 1 aromatic heterocycles. The van der Waals surface area contributed by atoms with E-state index in [4.69, 9.17) is 16.3 Å². The number of aromatic nitrogens is 2. The Labute approximate surface area is 174 Å². The fourth-order valence-corrected chi connectivity index (χ4v) is 4.51. The molecule has 3 aliphatic carbocycles. The van der Waals surface area contributed by atoms with Crippen LogP contribution in [0.1, 0.15) is 48.3 Å². The normalized spacial score (nSPS) is 24.0. The van der Waals surface area contributed by atoms with Crippen LogP contribution in [0, 0.1) is 11.2 Å². The van der Waals surface area contributed by atoms with Gasteiger partial charge in [0.2, 0.25) is 0 Å². The van der Waals surface area contributed by atoms with Gasteiger partial charge in [-0.2, -0.15) is 0 Å². The Balaban J connectivity index is 1.23. The van der Waals surface area contributed by atoms with Crippen LogP contribution in [0.15, 0.2) is 30.6 Å². The quantitative estimate of drug-likeness (QED) is 0.674. The first-order valence-electron chi connectivity index (χ1n) is 9.22. The Bertz CT molecular complexity index is 981. The van der Waals surface area contributed by atoms with E-state index in [0.717, 1.165) is 18.5 Å². The van der Waals surface area contributed by atoms with E-state index in [1.54, 1.807) is 0 Å². The molecule has 0 atom stereocenters. The van der Waals surface area contributed by atoms with Crippen LogP contribution in [0.2, 0.25) is 5.02 Å². The Hall–Kier alpha value is -2.68. The van der Waals surface area contributed by atoms with Gasteiger partial charge >= 0.3 is 0 Å². The molecule has 3 fully saturated rings. The maximum Gasteiger partial charge on any atom is 0.281 e. The number of ketones is 1. The molecule has 0 spiro atoms. The van der Waals surface area contributed by atoms with Crippen LogP contribution in [-0.4, -0.2) is 33.8 Å². The van der Waals surface area contributed by atoms with E-state index < -0.39 is 23.8 Å². The number of carbonyl (C=O) groups is 2. The minimum absolute atomic E-state index is 0.0224. The second kappa shape index (κ2) is 7.54.